The Hall–Kier alpha value is -2.16. The largest absolute Gasteiger partial charge is 0.469 e. The summed E-state index contributed by atoms with van der Waals surface area (Å²) in [5, 5.41) is 0. The molecular formula is C18H24O3. The van der Waals surface area contributed by atoms with Gasteiger partial charge in [0.05, 0.1) is 12.5 Å². The van der Waals surface area contributed by atoms with E-state index >= 15 is 0 Å². The fourth-order valence-electron chi connectivity index (χ4n) is 1.71. The summed E-state index contributed by atoms with van der Waals surface area (Å²) in [5.74, 6) is 3.94. The van der Waals surface area contributed by atoms with Gasteiger partial charge in [-0.3, -0.25) is 0 Å². The van der Waals surface area contributed by atoms with Gasteiger partial charge in [0.1, 0.15) is 23.0 Å². The molecule has 0 aromatic carbocycles. The van der Waals surface area contributed by atoms with E-state index in [0.717, 1.165) is 23.0 Å². The van der Waals surface area contributed by atoms with E-state index in [1.165, 1.54) is 11.1 Å². The molecule has 3 rings (SSSR count). The van der Waals surface area contributed by atoms with Gasteiger partial charge in [-0.1, -0.05) is 0 Å². The van der Waals surface area contributed by atoms with E-state index in [0.29, 0.717) is 0 Å². The highest BCUT2D eigenvalue weighted by molar-refractivity contribution is 5.08. The maximum absolute atomic E-state index is 5.08. The lowest BCUT2D eigenvalue weighted by atomic mass is 10.4. The van der Waals surface area contributed by atoms with Crippen LogP contribution in [0.1, 0.15) is 34.2 Å². The number of aryl methyl sites for hydroxylation is 6. The Labute approximate surface area is 126 Å². The van der Waals surface area contributed by atoms with Gasteiger partial charge in [-0.05, 0) is 76.9 Å². The Bertz CT molecular complexity index is 500. The maximum atomic E-state index is 5.08. The average Bonchev–Trinajstić information content (AvgIpc) is 3.06. The van der Waals surface area contributed by atoms with Crippen LogP contribution in [0.2, 0.25) is 0 Å². The molecule has 0 unspecified atom stereocenters. The van der Waals surface area contributed by atoms with Crippen molar-refractivity contribution in [2.75, 3.05) is 0 Å². The van der Waals surface area contributed by atoms with Gasteiger partial charge in [-0.25, -0.2) is 0 Å². The molecule has 3 nitrogen and oxygen atoms in total. The van der Waals surface area contributed by atoms with Crippen LogP contribution in [0.15, 0.2) is 50.0 Å². The molecule has 0 aliphatic heterocycles. The van der Waals surface area contributed by atoms with Crippen LogP contribution in [0, 0.1) is 41.5 Å². The van der Waals surface area contributed by atoms with E-state index in [2.05, 4.69) is 0 Å². The smallest absolute Gasteiger partial charge is 0.101 e. The zero-order chi connectivity index (χ0) is 15.8. The Morgan fingerprint density at radius 1 is 0.571 bits per heavy atom. The van der Waals surface area contributed by atoms with E-state index in [-0.39, 0.29) is 0 Å². The predicted molar refractivity (Wildman–Crippen MR) is 84.5 cm³/mol. The van der Waals surface area contributed by atoms with Crippen LogP contribution in [0.5, 0.6) is 0 Å². The molecule has 3 aromatic heterocycles. The van der Waals surface area contributed by atoms with Crippen molar-refractivity contribution in [2.45, 2.75) is 41.5 Å². The van der Waals surface area contributed by atoms with Crippen molar-refractivity contribution < 1.29 is 13.3 Å². The molecule has 21 heavy (non-hydrogen) atoms. The topological polar surface area (TPSA) is 39.4 Å². The van der Waals surface area contributed by atoms with Gasteiger partial charge in [-0.2, -0.15) is 0 Å². The minimum absolute atomic E-state index is 0.984. The molecule has 0 atom stereocenters. The van der Waals surface area contributed by atoms with Gasteiger partial charge in [0.15, 0.2) is 0 Å². The Balaban J connectivity index is 0.000000157. The van der Waals surface area contributed by atoms with Crippen LogP contribution in [0.25, 0.3) is 0 Å². The highest BCUT2D eigenvalue weighted by Crippen LogP contribution is 2.03. The van der Waals surface area contributed by atoms with Crippen molar-refractivity contribution in [3.63, 3.8) is 0 Å². The van der Waals surface area contributed by atoms with Crippen LogP contribution >= 0.6 is 0 Å². The average molecular weight is 288 g/mol. The van der Waals surface area contributed by atoms with Gasteiger partial charge in [0, 0.05) is 0 Å². The van der Waals surface area contributed by atoms with Gasteiger partial charge < -0.3 is 13.3 Å². The van der Waals surface area contributed by atoms with Crippen LogP contribution in [0.3, 0.4) is 0 Å². The van der Waals surface area contributed by atoms with Crippen molar-refractivity contribution in [1.29, 1.82) is 0 Å². The van der Waals surface area contributed by atoms with Crippen molar-refractivity contribution in [1.82, 2.24) is 0 Å². The molecule has 0 amide bonds. The first-order valence-corrected chi connectivity index (χ1v) is 6.93. The molecular weight excluding hydrogens is 264 g/mol. The first-order valence-electron chi connectivity index (χ1n) is 6.93. The summed E-state index contributed by atoms with van der Waals surface area (Å²) >= 11 is 0. The Morgan fingerprint density at radius 2 is 0.952 bits per heavy atom. The fourth-order valence-corrected chi connectivity index (χ4v) is 1.71. The monoisotopic (exact) mass is 288 g/mol. The summed E-state index contributed by atoms with van der Waals surface area (Å²) in [4.78, 5) is 0. The number of hydrogen-bond donors (Lipinski definition) is 0. The molecule has 0 fully saturated rings. The second kappa shape index (κ2) is 8.20. The molecule has 114 valence electrons. The second-order valence-corrected chi connectivity index (χ2v) is 5.13. The lowest BCUT2D eigenvalue weighted by Crippen LogP contribution is -1.53. The number of hydrogen-bond acceptors (Lipinski definition) is 3. The molecule has 0 aliphatic rings. The lowest BCUT2D eigenvalue weighted by molar-refractivity contribution is 0.504. The SMILES string of the molecule is Cc1ccc(C)o1.Cc1coc(C)c1.Cc1coc(C)c1. The second-order valence-electron chi connectivity index (χ2n) is 5.13. The van der Waals surface area contributed by atoms with E-state index in [1.54, 1.807) is 12.5 Å². The summed E-state index contributed by atoms with van der Waals surface area (Å²) < 4.78 is 15.0. The molecule has 3 aromatic rings. The summed E-state index contributed by atoms with van der Waals surface area (Å²) in [6.07, 6.45) is 3.49. The third-order valence-corrected chi connectivity index (χ3v) is 2.60. The standard InChI is InChI=1S/3C6H8O/c2*1-5-3-6(2)7-4-5;1-5-3-4-6(2)7-5/h3*3-4H,1-2H3. The molecule has 3 heterocycles. The molecule has 3 heteroatoms. The molecule has 0 bridgehead atoms. The van der Waals surface area contributed by atoms with Crippen molar-refractivity contribution in [2.24, 2.45) is 0 Å². The van der Waals surface area contributed by atoms with Crippen LogP contribution in [0.4, 0.5) is 0 Å². The number of rotatable bonds is 0. The molecule has 0 radical (unpaired) electrons. The van der Waals surface area contributed by atoms with E-state index in [4.69, 9.17) is 13.3 Å². The van der Waals surface area contributed by atoms with Crippen LogP contribution in [-0.4, -0.2) is 0 Å². The summed E-state index contributed by atoms with van der Waals surface area (Å²) in [7, 11) is 0. The lowest BCUT2D eigenvalue weighted by Gasteiger charge is -1.76. The molecule has 0 saturated heterocycles. The highest BCUT2D eigenvalue weighted by Gasteiger charge is 1.87. The minimum Gasteiger partial charge on any atom is -0.469 e. The van der Waals surface area contributed by atoms with Crippen molar-refractivity contribution in [3.8, 4) is 0 Å². The fraction of sp³-hybridized carbons (Fsp3) is 0.333. The first kappa shape index (κ1) is 16.9. The quantitative estimate of drug-likeness (QED) is 0.533. The van der Waals surface area contributed by atoms with E-state index in [9.17, 15) is 0 Å². The number of furan rings is 3. The Morgan fingerprint density at radius 3 is 1.05 bits per heavy atom. The maximum Gasteiger partial charge on any atom is 0.101 e. The van der Waals surface area contributed by atoms with E-state index in [1.807, 2.05) is 65.8 Å². The van der Waals surface area contributed by atoms with Crippen LogP contribution < -0.4 is 0 Å². The van der Waals surface area contributed by atoms with E-state index < -0.39 is 0 Å². The molecule has 0 aliphatic carbocycles. The molecule has 0 spiro atoms. The van der Waals surface area contributed by atoms with Gasteiger partial charge in [0.25, 0.3) is 0 Å². The minimum atomic E-state index is 0.984. The Kier molecular flexibility index (Phi) is 6.60. The molecule has 0 N–H and O–H groups in total. The predicted octanol–water partition coefficient (Wildman–Crippen LogP) is 5.69. The van der Waals surface area contributed by atoms with Crippen LogP contribution in [-0.2, 0) is 0 Å². The molecule has 0 saturated carbocycles. The highest BCUT2D eigenvalue weighted by atomic mass is 16.3. The third-order valence-electron chi connectivity index (χ3n) is 2.60. The normalized spacial score (nSPS) is 9.43. The zero-order valence-electron chi connectivity index (χ0n) is 13.7. The van der Waals surface area contributed by atoms with Gasteiger partial charge >= 0.3 is 0 Å². The van der Waals surface area contributed by atoms with Crippen molar-refractivity contribution >= 4 is 0 Å². The summed E-state index contributed by atoms with van der Waals surface area (Å²) in [6, 6.07) is 7.91. The van der Waals surface area contributed by atoms with Gasteiger partial charge in [-0.15, -0.1) is 0 Å². The van der Waals surface area contributed by atoms with Gasteiger partial charge in [0.2, 0.25) is 0 Å². The zero-order valence-corrected chi connectivity index (χ0v) is 13.7. The third kappa shape index (κ3) is 7.25. The van der Waals surface area contributed by atoms with Crippen molar-refractivity contribution in [3.05, 3.63) is 71.0 Å². The first-order chi connectivity index (χ1) is 9.86. The summed E-state index contributed by atoms with van der Waals surface area (Å²) in [6.45, 7) is 11.8. The summed E-state index contributed by atoms with van der Waals surface area (Å²) in [5.41, 5.74) is 2.38.